The van der Waals surface area contributed by atoms with Crippen LogP contribution >= 0.6 is 0 Å². The summed E-state index contributed by atoms with van der Waals surface area (Å²) in [6.45, 7) is 0.0644. The number of methoxy groups -OCH3 is 1. The van der Waals surface area contributed by atoms with E-state index in [1.54, 1.807) is 18.2 Å². The summed E-state index contributed by atoms with van der Waals surface area (Å²) in [5, 5.41) is 15.0. The monoisotopic (exact) mass is 301 g/mol. The van der Waals surface area contributed by atoms with Crippen molar-refractivity contribution in [3.8, 4) is 17.0 Å². The minimum atomic E-state index is -1.53. The van der Waals surface area contributed by atoms with Crippen LogP contribution in [-0.2, 0) is 16.8 Å². The van der Waals surface area contributed by atoms with Crippen LogP contribution in [0.4, 0.5) is 0 Å². The number of ketones is 1. The molecule has 6 heteroatoms. The lowest BCUT2D eigenvalue weighted by Crippen LogP contribution is -2.41. The molecule has 0 spiro atoms. The first-order chi connectivity index (χ1) is 10.7. The fourth-order valence-corrected chi connectivity index (χ4v) is 3.38. The molecule has 0 aliphatic heterocycles. The van der Waals surface area contributed by atoms with Crippen molar-refractivity contribution in [1.82, 2.24) is 5.16 Å². The third-order valence-electron chi connectivity index (χ3n) is 4.33. The Kier molecular flexibility index (Phi) is 2.85. The zero-order valence-electron chi connectivity index (χ0n) is 12.1. The Labute approximate surface area is 126 Å². The number of aliphatic hydroxyl groups is 1. The summed E-state index contributed by atoms with van der Waals surface area (Å²) in [6, 6.07) is 5.15. The number of fused-ring (bicyclic) bond motifs is 2. The Bertz CT molecular complexity index is 766. The SMILES string of the molecule is COCOc1cccc2c1-c1noc3c1C(O)(CCC3)C2=O. The molecule has 22 heavy (non-hydrogen) atoms. The fourth-order valence-electron chi connectivity index (χ4n) is 3.38. The highest BCUT2D eigenvalue weighted by molar-refractivity contribution is 6.12. The van der Waals surface area contributed by atoms with Gasteiger partial charge in [-0.1, -0.05) is 17.3 Å². The second-order valence-corrected chi connectivity index (χ2v) is 5.60. The molecule has 6 nitrogen and oxygen atoms in total. The first kappa shape index (κ1) is 13.5. The molecule has 2 aliphatic carbocycles. The Morgan fingerprint density at radius 2 is 2.32 bits per heavy atom. The van der Waals surface area contributed by atoms with Crippen LogP contribution < -0.4 is 4.74 Å². The van der Waals surface area contributed by atoms with Gasteiger partial charge in [-0.2, -0.15) is 0 Å². The topological polar surface area (TPSA) is 81.8 Å². The lowest BCUT2D eigenvalue weighted by atomic mass is 9.71. The van der Waals surface area contributed by atoms with Crippen molar-refractivity contribution >= 4 is 5.78 Å². The molecule has 1 atom stereocenters. The predicted octanol–water partition coefficient (Wildman–Crippen LogP) is 2.04. The fraction of sp³-hybridized carbons (Fsp3) is 0.375. The average Bonchev–Trinajstić information content (AvgIpc) is 2.96. The van der Waals surface area contributed by atoms with Crippen molar-refractivity contribution in [2.75, 3.05) is 13.9 Å². The van der Waals surface area contributed by atoms with E-state index in [-0.39, 0.29) is 12.6 Å². The first-order valence-electron chi connectivity index (χ1n) is 7.18. The van der Waals surface area contributed by atoms with Crippen molar-refractivity contribution in [2.24, 2.45) is 0 Å². The van der Waals surface area contributed by atoms with Crippen molar-refractivity contribution in [2.45, 2.75) is 24.9 Å². The molecular formula is C16H15NO5. The van der Waals surface area contributed by atoms with Gasteiger partial charge < -0.3 is 19.1 Å². The van der Waals surface area contributed by atoms with Crippen molar-refractivity contribution in [3.05, 3.63) is 35.1 Å². The molecule has 1 aromatic carbocycles. The molecule has 0 saturated carbocycles. The van der Waals surface area contributed by atoms with Gasteiger partial charge in [-0.3, -0.25) is 4.79 Å². The standard InChI is InChI=1S/C16H15NO5/c1-20-8-21-10-5-2-4-9-12(10)14-13-11(22-17-14)6-3-7-16(13,19)15(9)18/h2,4-5,19H,3,6-8H2,1H3. The molecule has 1 N–H and O–H groups in total. The van der Waals surface area contributed by atoms with Gasteiger partial charge in [-0.15, -0.1) is 0 Å². The van der Waals surface area contributed by atoms with E-state index in [0.717, 1.165) is 0 Å². The Morgan fingerprint density at radius 3 is 3.14 bits per heavy atom. The summed E-state index contributed by atoms with van der Waals surface area (Å²) < 4.78 is 15.8. The van der Waals surface area contributed by atoms with Gasteiger partial charge in [0.05, 0.1) is 11.1 Å². The van der Waals surface area contributed by atoms with Gasteiger partial charge >= 0.3 is 0 Å². The molecule has 0 radical (unpaired) electrons. The third-order valence-corrected chi connectivity index (χ3v) is 4.33. The molecule has 1 aromatic heterocycles. The maximum Gasteiger partial charge on any atom is 0.199 e. The number of aryl methyl sites for hydroxylation is 1. The van der Waals surface area contributed by atoms with E-state index in [9.17, 15) is 9.90 Å². The van der Waals surface area contributed by atoms with Gasteiger partial charge in [0, 0.05) is 19.1 Å². The number of rotatable bonds is 3. The molecule has 114 valence electrons. The minimum Gasteiger partial charge on any atom is -0.467 e. The number of nitrogens with zero attached hydrogens (tertiary/aromatic N) is 1. The van der Waals surface area contributed by atoms with E-state index >= 15 is 0 Å². The number of hydrogen-bond donors (Lipinski definition) is 1. The van der Waals surface area contributed by atoms with E-state index in [4.69, 9.17) is 14.0 Å². The molecule has 0 amide bonds. The van der Waals surface area contributed by atoms with E-state index in [1.807, 2.05) is 0 Å². The zero-order chi connectivity index (χ0) is 15.3. The summed E-state index contributed by atoms with van der Waals surface area (Å²) in [6.07, 6.45) is 1.75. The van der Waals surface area contributed by atoms with Crippen molar-refractivity contribution in [3.63, 3.8) is 0 Å². The van der Waals surface area contributed by atoms with Crippen LogP contribution in [0.25, 0.3) is 11.3 Å². The normalized spacial score (nSPS) is 22.2. The third kappa shape index (κ3) is 1.62. The summed E-state index contributed by atoms with van der Waals surface area (Å²) in [5.74, 6) is 0.766. The van der Waals surface area contributed by atoms with Crippen LogP contribution in [0.3, 0.4) is 0 Å². The number of hydrogen-bond acceptors (Lipinski definition) is 6. The maximum absolute atomic E-state index is 12.8. The lowest BCUT2D eigenvalue weighted by molar-refractivity contribution is 0.0183. The van der Waals surface area contributed by atoms with E-state index in [2.05, 4.69) is 5.16 Å². The Balaban J connectivity index is 1.98. The van der Waals surface area contributed by atoms with Gasteiger partial charge in [-0.05, 0) is 18.9 Å². The molecule has 2 aromatic rings. The molecule has 1 heterocycles. The van der Waals surface area contributed by atoms with E-state index < -0.39 is 5.60 Å². The van der Waals surface area contributed by atoms with Gasteiger partial charge in [0.25, 0.3) is 0 Å². The van der Waals surface area contributed by atoms with Crippen molar-refractivity contribution < 1.29 is 23.9 Å². The largest absolute Gasteiger partial charge is 0.467 e. The zero-order valence-corrected chi connectivity index (χ0v) is 12.1. The van der Waals surface area contributed by atoms with Crippen LogP contribution in [0.2, 0.25) is 0 Å². The summed E-state index contributed by atoms with van der Waals surface area (Å²) in [7, 11) is 1.53. The maximum atomic E-state index is 12.8. The van der Waals surface area contributed by atoms with Crippen molar-refractivity contribution in [1.29, 1.82) is 0 Å². The van der Waals surface area contributed by atoms with Crippen LogP contribution in [-0.4, -0.2) is 29.9 Å². The summed E-state index contributed by atoms with van der Waals surface area (Å²) >= 11 is 0. The Morgan fingerprint density at radius 1 is 1.45 bits per heavy atom. The van der Waals surface area contributed by atoms with Gasteiger partial charge in [0.15, 0.2) is 18.2 Å². The highest BCUT2D eigenvalue weighted by Gasteiger charge is 2.51. The number of carbonyl (C=O) groups is 1. The molecular weight excluding hydrogens is 286 g/mol. The van der Waals surface area contributed by atoms with Crippen LogP contribution in [0.1, 0.15) is 34.5 Å². The van der Waals surface area contributed by atoms with Crippen LogP contribution in [0.5, 0.6) is 5.75 Å². The molecule has 4 rings (SSSR count). The number of ether oxygens (including phenoxy) is 2. The van der Waals surface area contributed by atoms with Gasteiger partial charge in [0.1, 0.15) is 17.2 Å². The smallest absolute Gasteiger partial charge is 0.199 e. The number of benzene rings is 1. The lowest BCUT2D eigenvalue weighted by Gasteiger charge is -2.34. The number of aromatic nitrogens is 1. The van der Waals surface area contributed by atoms with E-state index in [1.165, 1.54) is 7.11 Å². The molecule has 2 aliphatic rings. The second-order valence-electron chi connectivity index (χ2n) is 5.60. The molecule has 0 bridgehead atoms. The average molecular weight is 301 g/mol. The number of Topliss-reactive ketones (excluding diaryl/α,β-unsaturated/α-hetero) is 1. The van der Waals surface area contributed by atoms with Gasteiger partial charge in [-0.25, -0.2) is 0 Å². The Hall–Kier alpha value is -2.18. The summed E-state index contributed by atoms with van der Waals surface area (Å²) in [5.41, 5.74) is 0.449. The van der Waals surface area contributed by atoms with Gasteiger partial charge in [0.2, 0.25) is 0 Å². The quantitative estimate of drug-likeness (QED) is 0.874. The first-order valence-corrected chi connectivity index (χ1v) is 7.18. The molecule has 0 fully saturated rings. The predicted molar refractivity (Wildman–Crippen MR) is 75.6 cm³/mol. The summed E-state index contributed by atoms with van der Waals surface area (Å²) in [4.78, 5) is 12.8. The molecule has 0 saturated heterocycles. The van der Waals surface area contributed by atoms with E-state index in [0.29, 0.717) is 53.2 Å². The second kappa shape index (κ2) is 4.66. The highest BCUT2D eigenvalue weighted by atomic mass is 16.7. The van der Waals surface area contributed by atoms with Crippen LogP contribution in [0.15, 0.2) is 22.7 Å². The number of carbonyl (C=O) groups excluding carboxylic acids is 1. The van der Waals surface area contributed by atoms with Crippen LogP contribution in [0, 0.1) is 0 Å². The highest BCUT2D eigenvalue weighted by Crippen LogP contribution is 2.50. The minimum absolute atomic E-state index is 0.0644. The molecule has 1 unspecified atom stereocenters.